The number of hydrogen-bond donors (Lipinski definition) is 1. The van der Waals surface area contributed by atoms with Gasteiger partial charge >= 0.3 is 0 Å². The van der Waals surface area contributed by atoms with E-state index in [1.807, 2.05) is 29.2 Å². The molecule has 0 spiro atoms. The van der Waals surface area contributed by atoms with Crippen LogP contribution in [0.15, 0.2) is 48.5 Å². The second-order valence-corrected chi connectivity index (χ2v) is 9.22. The lowest BCUT2D eigenvalue weighted by atomic mass is 9.68. The fourth-order valence-corrected chi connectivity index (χ4v) is 4.94. The van der Waals surface area contributed by atoms with Crippen LogP contribution in [-0.4, -0.2) is 36.4 Å². The normalized spacial score (nSPS) is 18.1. The van der Waals surface area contributed by atoms with Crippen molar-refractivity contribution in [2.45, 2.75) is 63.7 Å². The van der Waals surface area contributed by atoms with E-state index < -0.39 is 5.41 Å². The van der Waals surface area contributed by atoms with Crippen LogP contribution in [0.5, 0.6) is 5.75 Å². The van der Waals surface area contributed by atoms with Crippen molar-refractivity contribution in [1.29, 1.82) is 0 Å². The zero-order valence-corrected chi connectivity index (χ0v) is 19.1. The topological polar surface area (TPSA) is 58.6 Å². The molecule has 1 saturated carbocycles. The number of hydrogen-bond acceptors (Lipinski definition) is 3. The highest BCUT2D eigenvalue weighted by Gasteiger charge is 2.41. The number of benzene rings is 2. The molecule has 1 aliphatic heterocycles. The lowest BCUT2D eigenvalue weighted by molar-refractivity contribution is -0.134. The van der Waals surface area contributed by atoms with Gasteiger partial charge in [-0.3, -0.25) is 9.59 Å². The van der Waals surface area contributed by atoms with Gasteiger partial charge in [-0.2, -0.15) is 0 Å². The summed E-state index contributed by atoms with van der Waals surface area (Å²) in [6.45, 7) is 3.79. The average Bonchev–Trinajstić information content (AvgIpc) is 2.84. The van der Waals surface area contributed by atoms with Crippen LogP contribution >= 0.6 is 0 Å². The number of carbonyl (C=O) groups is 2. The maximum absolute atomic E-state index is 13.5. The highest BCUT2D eigenvalue weighted by molar-refractivity contribution is 5.99. The van der Waals surface area contributed by atoms with E-state index in [0.717, 1.165) is 62.9 Å². The van der Waals surface area contributed by atoms with Crippen molar-refractivity contribution in [3.8, 4) is 5.75 Å². The lowest BCUT2D eigenvalue weighted by Gasteiger charge is -2.36. The molecule has 2 fully saturated rings. The standard InChI is InChI=1S/C27H34N2O3/c1-21-8-10-22(11-9-21)27(16-4-2-5-17-27)26(31)28-23-12-14-24(15-13-23)32-20-25(30)29-18-6-3-7-19-29/h8-15H,2-7,16-20H2,1H3,(H,28,31). The van der Waals surface area contributed by atoms with Crippen LogP contribution in [-0.2, 0) is 15.0 Å². The molecule has 1 aliphatic carbocycles. The second kappa shape index (κ2) is 10.2. The van der Waals surface area contributed by atoms with E-state index in [4.69, 9.17) is 4.74 Å². The van der Waals surface area contributed by atoms with Crippen LogP contribution in [0.1, 0.15) is 62.5 Å². The van der Waals surface area contributed by atoms with Gasteiger partial charge in [-0.25, -0.2) is 0 Å². The molecule has 170 valence electrons. The van der Waals surface area contributed by atoms with Gasteiger partial charge in [0.2, 0.25) is 5.91 Å². The number of anilines is 1. The van der Waals surface area contributed by atoms with Gasteiger partial charge in [-0.15, -0.1) is 0 Å². The summed E-state index contributed by atoms with van der Waals surface area (Å²) in [7, 11) is 0. The molecule has 0 bridgehead atoms. The highest BCUT2D eigenvalue weighted by Crippen LogP contribution is 2.40. The number of piperidine rings is 1. The molecule has 0 radical (unpaired) electrons. The number of ether oxygens (including phenoxy) is 1. The van der Waals surface area contributed by atoms with Crippen molar-refractivity contribution in [2.24, 2.45) is 0 Å². The summed E-state index contributed by atoms with van der Waals surface area (Å²) in [5.41, 5.74) is 2.59. The molecular weight excluding hydrogens is 400 g/mol. The molecule has 1 saturated heterocycles. The van der Waals surface area contributed by atoms with Gasteiger partial charge < -0.3 is 15.0 Å². The van der Waals surface area contributed by atoms with Crippen molar-refractivity contribution >= 4 is 17.5 Å². The molecule has 0 unspecified atom stereocenters. The van der Waals surface area contributed by atoms with Crippen molar-refractivity contribution < 1.29 is 14.3 Å². The largest absolute Gasteiger partial charge is 0.484 e. The summed E-state index contributed by atoms with van der Waals surface area (Å²) >= 11 is 0. The minimum Gasteiger partial charge on any atom is -0.484 e. The van der Waals surface area contributed by atoms with Crippen LogP contribution in [0.3, 0.4) is 0 Å². The molecule has 5 heteroatoms. The first-order valence-electron chi connectivity index (χ1n) is 12.0. The first kappa shape index (κ1) is 22.4. The average molecular weight is 435 g/mol. The Morgan fingerprint density at radius 3 is 2.16 bits per heavy atom. The summed E-state index contributed by atoms with van der Waals surface area (Å²) in [4.78, 5) is 27.6. The zero-order valence-electron chi connectivity index (χ0n) is 19.1. The van der Waals surface area contributed by atoms with Crippen LogP contribution < -0.4 is 10.1 Å². The first-order chi connectivity index (χ1) is 15.6. The molecule has 1 heterocycles. The Balaban J connectivity index is 1.38. The first-order valence-corrected chi connectivity index (χ1v) is 12.0. The van der Waals surface area contributed by atoms with E-state index in [2.05, 4.69) is 36.5 Å². The smallest absolute Gasteiger partial charge is 0.260 e. The number of likely N-dealkylation sites (tertiary alicyclic amines) is 1. The lowest BCUT2D eigenvalue weighted by Crippen LogP contribution is -2.42. The monoisotopic (exact) mass is 434 g/mol. The molecule has 0 aromatic heterocycles. The summed E-state index contributed by atoms with van der Waals surface area (Å²) < 4.78 is 5.69. The second-order valence-electron chi connectivity index (χ2n) is 9.22. The number of aryl methyl sites for hydroxylation is 1. The van der Waals surface area contributed by atoms with Gasteiger partial charge in [0, 0.05) is 18.8 Å². The third kappa shape index (κ3) is 5.14. The molecule has 1 N–H and O–H groups in total. The maximum atomic E-state index is 13.5. The Labute approximate surface area is 191 Å². The molecule has 2 amide bonds. The van der Waals surface area contributed by atoms with Gasteiger partial charge in [0.15, 0.2) is 6.61 Å². The van der Waals surface area contributed by atoms with Gasteiger partial charge in [-0.1, -0.05) is 49.1 Å². The minimum atomic E-state index is -0.470. The van der Waals surface area contributed by atoms with E-state index in [-0.39, 0.29) is 18.4 Å². The van der Waals surface area contributed by atoms with Crippen LogP contribution in [0.2, 0.25) is 0 Å². The predicted molar refractivity (Wildman–Crippen MR) is 127 cm³/mol. The fraction of sp³-hybridized carbons (Fsp3) is 0.481. The van der Waals surface area contributed by atoms with Gasteiger partial charge in [0.25, 0.3) is 5.91 Å². The Hall–Kier alpha value is -2.82. The third-order valence-corrected chi connectivity index (χ3v) is 6.93. The summed E-state index contributed by atoms with van der Waals surface area (Å²) in [5, 5.41) is 3.14. The summed E-state index contributed by atoms with van der Waals surface area (Å²) in [6, 6.07) is 15.7. The quantitative estimate of drug-likeness (QED) is 0.677. The predicted octanol–water partition coefficient (Wildman–Crippen LogP) is 5.23. The number of carbonyl (C=O) groups excluding carboxylic acids is 2. The maximum Gasteiger partial charge on any atom is 0.260 e. The van der Waals surface area contributed by atoms with Gasteiger partial charge in [0.1, 0.15) is 5.75 Å². The van der Waals surface area contributed by atoms with Crippen molar-refractivity contribution in [3.63, 3.8) is 0 Å². The number of nitrogens with one attached hydrogen (secondary N) is 1. The number of rotatable bonds is 6. The van der Waals surface area contributed by atoms with Crippen molar-refractivity contribution in [2.75, 3.05) is 25.0 Å². The van der Waals surface area contributed by atoms with Crippen molar-refractivity contribution in [1.82, 2.24) is 4.90 Å². The van der Waals surface area contributed by atoms with Gasteiger partial charge in [0.05, 0.1) is 5.41 Å². The number of nitrogens with zero attached hydrogens (tertiary/aromatic N) is 1. The molecule has 2 aromatic carbocycles. The number of amides is 2. The Morgan fingerprint density at radius 1 is 0.875 bits per heavy atom. The molecule has 2 aromatic rings. The minimum absolute atomic E-state index is 0.0411. The van der Waals surface area contributed by atoms with E-state index in [9.17, 15) is 9.59 Å². The third-order valence-electron chi connectivity index (χ3n) is 6.93. The van der Waals surface area contributed by atoms with Gasteiger partial charge in [-0.05, 0) is 68.9 Å². The Bertz CT molecular complexity index is 909. The Kier molecular flexibility index (Phi) is 7.13. The molecule has 32 heavy (non-hydrogen) atoms. The molecule has 5 nitrogen and oxygen atoms in total. The van der Waals surface area contributed by atoms with Crippen LogP contribution in [0.25, 0.3) is 0 Å². The zero-order chi connectivity index (χ0) is 22.4. The summed E-state index contributed by atoms with van der Waals surface area (Å²) in [5.74, 6) is 0.744. The molecular formula is C27H34N2O3. The molecule has 4 rings (SSSR count). The van der Waals surface area contributed by atoms with Crippen molar-refractivity contribution in [3.05, 3.63) is 59.7 Å². The van der Waals surface area contributed by atoms with E-state index in [1.165, 1.54) is 18.4 Å². The molecule has 2 aliphatic rings. The van der Waals surface area contributed by atoms with E-state index >= 15 is 0 Å². The fourth-order valence-electron chi connectivity index (χ4n) is 4.94. The van der Waals surface area contributed by atoms with Crippen LogP contribution in [0.4, 0.5) is 5.69 Å². The van der Waals surface area contributed by atoms with E-state index in [1.54, 1.807) is 0 Å². The van der Waals surface area contributed by atoms with E-state index in [0.29, 0.717) is 5.75 Å². The van der Waals surface area contributed by atoms with Crippen LogP contribution in [0, 0.1) is 6.92 Å². The Morgan fingerprint density at radius 2 is 1.50 bits per heavy atom. The summed E-state index contributed by atoms with van der Waals surface area (Å²) in [6.07, 6.45) is 8.42. The molecule has 0 atom stereocenters. The SMILES string of the molecule is Cc1ccc(C2(C(=O)Nc3ccc(OCC(=O)N4CCCCC4)cc3)CCCCC2)cc1. The highest BCUT2D eigenvalue weighted by atomic mass is 16.5.